The first kappa shape index (κ1) is 26.8. The van der Waals surface area contributed by atoms with Crippen LogP contribution in [0.15, 0.2) is 47.0 Å². The molecule has 0 saturated carbocycles. The van der Waals surface area contributed by atoms with Gasteiger partial charge in [0.25, 0.3) is 5.91 Å². The number of aromatic amines is 1. The van der Waals surface area contributed by atoms with E-state index in [0.717, 1.165) is 18.7 Å². The molecule has 39 heavy (non-hydrogen) atoms. The average molecular weight is 538 g/mol. The van der Waals surface area contributed by atoms with Gasteiger partial charge in [-0.1, -0.05) is 17.3 Å². The normalized spacial score (nSPS) is 14.6. The molecule has 0 radical (unpaired) electrons. The van der Waals surface area contributed by atoms with Gasteiger partial charge >= 0.3 is 0 Å². The van der Waals surface area contributed by atoms with Gasteiger partial charge in [0.15, 0.2) is 17.3 Å². The molecule has 0 unspecified atom stereocenters. The van der Waals surface area contributed by atoms with E-state index < -0.39 is 5.82 Å². The average Bonchev–Trinajstić information content (AvgIpc) is 3.60. The monoisotopic (exact) mass is 537 g/mol. The molecule has 1 saturated heterocycles. The minimum Gasteiger partial charge on any atom is -0.488 e. The smallest absolute Gasteiger partial charge is 0.251 e. The van der Waals surface area contributed by atoms with Gasteiger partial charge in [-0.2, -0.15) is 5.10 Å². The molecule has 2 aromatic heterocycles. The van der Waals surface area contributed by atoms with Crippen molar-refractivity contribution in [3.05, 3.63) is 53.8 Å². The number of halogens is 1. The Bertz CT molecular complexity index is 1430. The van der Waals surface area contributed by atoms with Crippen molar-refractivity contribution in [3.8, 4) is 28.5 Å². The summed E-state index contributed by atoms with van der Waals surface area (Å²) in [4.78, 5) is 15.1. The molecule has 5 rings (SSSR count). The van der Waals surface area contributed by atoms with Gasteiger partial charge in [-0.15, -0.1) is 0 Å². The van der Waals surface area contributed by atoms with Crippen LogP contribution in [0.1, 0.15) is 24.2 Å². The molecular weight excluding hydrogens is 505 g/mol. The predicted octanol–water partition coefficient (Wildman–Crippen LogP) is 3.89. The molecule has 0 aliphatic carbocycles. The van der Waals surface area contributed by atoms with E-state index in [1.165, 1.54) is 6.07 Å². The third-order valence-electron chi connectivity index (χ3n) is 6.90. The Morgan fingerprint density at radius 3 is 2.67 bits per heavy atom. The second kappa shape index (κ2) is 11.5. The third-order valence-corrected chi connectivity index (χ3v) is 6.90. The lowest BCUT2D eigenvalue weighted by Crippen LogP contribution is -2.55. The lowest BCUT2D eigenvalue weighted by atomic mass is 10.0. The number of amides is 1. The van der Waals surface area contributed by atoms with E-state index in [4.69, 9.17) is 18.7 Å². The van der Waals surface area contributed by atoms with Gasteiger partial charge in [0.05, 0.1) is 25.3 Å². The fraction of sp³-hybridized carbons (Fsp3) is 0.393. The molecular formula is C28H32FN5O5. The first-order valence-electron chi connectivity index (χ1n) is 12.8. The van der Waals surface area contributed by atoms with Crippen molar-refractivity contribution in [2.75, 3.05) is 53.2 Å². The second-order valence-corrected chi connectivity index (χ2v) is 9.99. The van der Waals surface area contributed by atoms with E-state index >= 15 is 0 Å². The van der Waals surface area contributed by atoms with Crippen LogP contribution in [0.4, 0.5) is 4.39 Å². The molecule has 1 fully saturated rings. The minimum absolute atomic E-state index is 0.113. The molecule has 4 aromatic rings. The molecule has 1 amide bonds. The van der Waals surface area contributed by atoms with Gasteiger partial charge in [0.1, 0.15) is 18.0 Å². The van der Waals surface area contributed by atoms with Crippen LogP contribution in [-0.2, 0) is 9.47 Å². The maximum atomic E-state index is 14.6. The van der Waals surface area contributed by atoms with Crippen LogP contribution in [0.25, 0.3) is 33.6 Å². The fourth-order valence-corrected chi connectivity index (χ4v) is 4.55. The van der Waals surface area contributed by atoms with E-state index in [2.05, 4.69) is 39.4 Å². The first-order valence-corrected chi connectivity index (χ1v) is 12.8. The number of methoxy groups -OCH3 is 1. The lowest BCUT2D eigenvalue weighted by molar-refractivity contribution is -0.00923. The van der Waals surface area contributed by atoms with Gasteiger partial charge in [0, 0.05) is 60.9 Å². The van der Waals surface area contributed by atoms with Gasteiger partial charge in [-0.3, -0.25) is 14.8 Å². The molecule has 2 aromatic carbocycles. The molecule has 3 heterocycles. The molecule has 0 atom stereocenters. The Morgan fingerprint density at radius 2 is 1.92 bits per heavy atom. The summed E-state index contributed by atoms with van der Waals surface area (Å²) in [6, 6.07) is 11.8. The molecule has 2 N–H and O–H groups in total. The standard InChI is InChI=1S/C28H32FN5O5/c1-28(2,34-8-10-37-11-9-34)17-30-27(35)19-6-4-18(5-7-19)22-15-25(39-33-22)26-20-14-21(29)24(38-13-12-36-3)16-23(20)31-32-26/h4-7,14-16H,8-13,17H2,1-3H3,(H,30,35)(H,31,32). The van der Waals surface area contributed by atoms with E-state index in [-0.39, 0.29) is 23.8 Å². The number of hydrogen-bond donors (Lipinski definition) is 2. The maximum absolute atomic E-state index is 14.6. The van der Waals surface area contributed by atoms with Crippen LogP contribution in [0.3, 0.4) is 0 Å². The Morgan fingerprint density at radius 1 is 1.15 bits per heavy atom. The second-order valence-electron chi connectivity index (χ2n) is 9.99. The molecule has 11 heteroatoms. The Kier molecular flexibility index (Phi) is 7.92. The summed E-state index contributed by atoms with van der Waals surface area (Å²) >= 11 is 0. The van der Waals surface area contributed by atoms with Gasteiger partial charge in [0.2, 0.25) is 0 Å². The number of rotatable bonds is 10. The summed E-state index contributed by atoms with van der Waals surface area (Å²) in [6.07, 6.45) is 0. The number of nitrogens with zero attached hydrogens (tertiary/aromatic N) is 3. The molecule has 1 aliphatic heterocycles. The third kappa shape index (κ3) is 5.95. The van der Waals surface area contributed by atoms with Crippen molar-refractivity contribution in [3.63, 3.8) is 0 Å². The summed E-state index contributed by atoms with van der Waals surface area (Å²) < 4.78 is 36.0. The number of H-pyrrole nitrogens is 1. The van der Waals surface area contributed by atoms with Crippen LogP contribution in [0.5, 0.6) is 5.75 Å². The van der Waals surface area contributed by atoms with Crippen molar-refractivity contribution in [1.29, 1.82) is 0 Å². The van der Waals surface area contributed by atoms with Gasteiger partial charge < -0.3 is 24.1 Å². The number of carbonyl (C=O) groups is 1. The molecule has 1 aliphatic rings. The summed E-state index contributed by atoms with van der Waals surface area (Å²) in [5, 5.41) is 14.9. The van der Waals surface area contributed by atoms with E-state index in [0.29, 0.717) is 60.0 Å². The zero-order valence-electron chi connectivity index (χ0n) is 22.3. The summed E-state index contributed by atoms with van der Waals surface area (Å²) in [6.45, 7) is 8.48. The fourth-order valence-electron chi connectivity index (χ4n) is 4.55. The number of benzene rings is 2. The number of aromatic nitrogens is 3. The molecule has 10 nitrogen and oxygen atoms in total. The molecule has 0 bridgehead atoms. The highest BCUT2D eigenvalue weighted by atomic mass is 19.1. The molecule has 0 spiro atoms. The largest absolute Gasteiger partial charge is 0.488 e. The Balaban J connectivity index is 1.25. The number of morpholine rings is 1. The number of ether oxygens (including phenoxy) is 3. The quantitative estimate of drug-likeness (QED) is 0.293. The minimum atomic E-state index is -0.511. The number of nitrogens with one attached hydrogen (secondary N) is 2. The van der Waals surface area contributed by atoms with Gasteiger partial charge in [-0.05, 0) is 32.0 Å². The van der Waals surface area contributed by atoms with E-state index in [1.807, 2.05) is 12.1 Å². The van der Waals surface area contributed by atoms with Crippen LogP contribution in [-0.4, -0.2) is 84.9 Å². The van der Waals surface area contributed by atoms with Crippen molar-refractivity contribution in [2.24, 2.45) is 0 Å². The molecule has 206 valence electrons. The zero-order valence-corrected chi connectivity index (χ0v) is 22.3. The summed E-state index contributed by atoms with van der Waals surface area (Å²) in [7, 11) is 1.55. The highest BCUT2D eigenvalue weighted by molar-refractivity contribution is 5.95. The van der Waals surface area contributed by atoms with Crippen molar-refractivity contribution in [2.45, 2.75) is 19.4 Å². The highest BCUT2D eigenvalue weighted by Crippen LogP contribution is 2.33. The van der Waals surface area contributed by atoms with Crippen LogP contribution < -0.4 is 10.1 Å². The zero-order chi connectivity index (χ0) is 27.4. The lowest BCUT2D eigenvalue weighted by Gasteiger charge is -2.40. The number of hydrogen-bond acceptors (Lipinski definition) is 8. The van der Waals surface area contributed by atoms with Gasteiger partial charge in [-0.25, -0.2) is 4.39 Å². The summed E-state index contributed by atoms with van der Waals surface area (Å²) in [5.74, 6) is -0.153. The van der Waals surface area contributed by atoms with Crippen molar-refractivity contribution >= 4 is 16.8 Å². The SMILES string of the molecule is COCCOc1cc2[nH]nc(-c3cc(-c4ccc(C(=O)NCC(C)(C)N5CCOCC5)cc4)no3)c2cc1F. The van der Waals surface area contributed by atoms with Crippen LogP contribution in [0.2, 0.25) is 0 Å². The van der Waals surface area contributed by atoms with Crippen molar-refractivity contribution in [1.82, 2.24) is 25.6 Å². The number of fused-ring (bicyclic) bond motifs is 1. The predicted molar refractivity (Wildman–Crippen MR) is 143 cm³/mol. The maximum Gasteiger partial charge on any atom is 0.251 e. The number of carbonyl (C=O) groups excluding carboxylic acids is 1. The van der Waals surface area contributed by atoms with Crippen LogP contribution in [0, 0.1) is 5.82 Å². The summed E-state index contributed by atoms with van der Waals surface area (Å²) in [5.41, 5.74) is 2.76. The Labute approximate surface area is 225 Å². The van der Waals surface area contributed by atoms with Crippen molar-refractivity contribution < 1.29 is 27.9 Å². The first-order chi connectivity index (χ1) is 18.9. The van der Waals surface area contributed by atoms with E-state index in [9.17, 15) is 9.18 Å². The van der Waals surface area contributed by atoms with E-state index in [1.54, 1.807) is 31.4 Å². The topological polar surface area (TPSA) is 115 Å². The Hall–Kier alpha value is -3.80. The highest BCUT2D eigenvalue weighted by Gasteiger charge is 2.28. The van der Waals surface area contributed by atoms with Crippen LogP contribution >= 0.6 is 0 Å².